The van der Waals surface area contributed by atoms with E-state index in [2.05, 4.69) is 20.4 Å². The van der Waals surface area contributed by atoms with Gasteiger partial charge >= 0.3 is 6.09 Å². The number of nitrogens with zero attached hydrogens (tertiary/aromatic N) is 6. The first-order valence-corrected chi connectivity index (χ1v) is 14.7. The number of ether oxygens (including phenoxy) is 2. The number of likely N-dealkylation sites (tertiary alicyclic amines) is 2. The van der Waals surface area contributed by atoms with Crippen molar-refractivity contribution in [3.05, 3.63) is 35.8 Å². The Labute approximate surface area is 251 Å². The molecule has 3 N–H and O–H groups in total. The normalized spacial score (nSPS) is 22.6. The first-order chi connectivity index (χ1) is 21.0. The van der Waals surface area contributed by atoms with Crippen LogP contribution in [0.4, 0.5) is 23.8 Å². The quantitative estimate of drug-likeness (QED) is 0.390. The van der Waals surface area contributed by atoms with Gasteiger partial charge in [-0.05, 0) is 43.4 Å². The molecule has 3 aromatic heterocycles. The predicted octanol–water partition coefficient (Wildman–Crippen LogP) is 3.30. The van der Waals surface area contributed by atoms with Crippen molar-refractivity contribution >= 4 is 23.3 Å². The van der Waals surface area contributed by atoms with E-state index in [4.69, 9.17) is 15.2 Å². The number of nitrogens with one attached hydrogen (secondary N) is 1. The van der Waals surface area contributed by atoms with Crippen LogP contribution < -0.4 is 15.8 Å². The van der Waals surface area contributed by atoms with Gasteiger partial charge in [0.05, 0.1) is 25.4 Å². The Balaban J connectivity index is 1.22. The molecule has 2 aliphatic heterocycles. The summed E-state index contributed by atoms with van der Waals surface area (Å²) >= 11 is 0. The molecule has 15 heteroatoms. The highest BCUT2D eigenvalue weighted by atomic mass is 19.3. The Hall–Kier alpha value is -4.14. The number of nitrogens with two attached hydrogens (primary N) is 1. The highest BCUT2D eigenvalue weighted by Gasteiger charge is 2.40. The third-order valence-electron chi connectivity index (χ3n) is 8.62. The van der Waals surface area contributed by atoms with Gasteiger partial charge in [0.15, 0.2) is 5.82 Å². The lowest BCUT2D eigenvalue weighted by atomic mass is 10.1. The molecule has 44 heavy (non-hydrogen) atoms. The number of pyridine rings is 1. The number of hydrogen-bond donors (Lipinski definition) is 2. The summed E-state index contributed by atoms with van der Waals surface area (Å²) in [7, 11) is 1.37. The fourth-order valence-electron chi connectivity index (χ4n) is 5.86. The summed E-state index contributed by atoms with van der Waals surface area (Å²) in [6, 6.07) is 2.42. The minimum atomic E-state index is -2.67. The average molecular weight is 617 g/mol. The molecule has 2 saturated heterocycles. The maximum Gasteiger partial charge on any atom is 0.410 e. The zero-order valence-electron chi connectivity index (χ0n) is 24.5. The van der Waals surface area contributed by atoms with Gasteiger partial charge in [0, 0.05) is 50.8 Å². The van der Waals surface area contributed by atoms with Gasteiger partial charge in [-0.3, -0.25) is 9.69 Å². The molecule has 5 heterocycles. The second-order valence-corrected chi connectivity index (χ2v) is 11.8. The van der Waals surface area contributed by atoms with Gasteiger partial charge in [-0.2, -0.15) is 5.10 Å². The fraction of sp³-hybridized carbons (Fsp3) is 0.552. The molecule has 3 aromatic rings. The number of anilines is 1. The first-order valence-electron chi connectivity index (χ1n) is 14.7. The standard InChI is InChI=1S/C29H35F3N8O4/c1-16(17-3-4-17)44-28(42)39-13-21(30)22(14-39)37-26(41)20-9-18(11-34-27(20)43-2)23-10-19(24-25(33)35-15-36-40(23)24)12-38-7-5-29(31,32)6-8-38/h9-11,15-17,21-22H,3-8,12-14H2,1-2H3,(H,37,41)(H2,33,35,36)/t16-,21+,22-/m1/s1. The minimum Gasteiger partial charge on any atom is -0.480 e. The van der Waals surface area contributed by atoms with Crippen molar-refractivity contribution in [2.24, 2.45) is 5.92 Å². The van der Waals surface area contributed by atoms with Gasteiger partial charge in [-0.1, -0.05) is 0 Å². The van der Waals surface area contributed by atoms with Crippen LogP contribution >= 0.6 is 0 Å². The molecule has 0 spiro atoms. The second-order valence-electron chi connectivity index (χ2n) is 11.8. The number of nitrogen functional groups attached to an aromatic ring is 1. The van der Waals surface area contributed by atoms with E-state index in [0.717, 1.165) is 18.4 Å². The van der Waals surface area contributed by atoms with Gasteiger partial charge in [-0.25, -0.2) is 32.4 Å². The van der Waals surface area contributed by atoms with Crippen LogP contribution in [0.15, 0.2) is 24.7 Å². The van der Waals surface area contributed by atoms with Crippen LogP contribution in [0.5, 0.6) is 5.88 Å². The molecule has 1 saturated carbocycles. The van der Waals surface area contributed by atoms with Crippen molar-refractivity contribution in [1.82, 2.24) is 34.7 Å². The van der Waals surface area contributed by atoms with E-state index in [-0.39, 0.29) is 62.4 Å². The molecule has 0 unspecified atom stereocenters. The number of hydrogen-bond acceptors (Lipinski definition) is 9. The van der Waals surface area contributed by atoms with Gasteiger partial charge in [-0.15, -0.1) is 0 Å². The molecule has 6 rings (SSSR count). The zero-order chi connectivity index (χ0) is 31.2. The van der Waals surface area contributed by atoms with Gasteiger partial charge in [0.2, 0.25) is 5.88 Å². The molecule has 3 fully saturated rings. The largest absolute Gasteiger partial charge is 0.480 e. The first kappa shape index (κ1) is 29.9. The molecule has 12 nitrogen and oxygen atoms in total. The smallest absolute Gasteiger partial charge is 0.410 e. The molecule has 0 radical (unpaired) electrons. The molecule has 2 amide bonds. The Kier molecular flexibility index (Phi) is 7.99. The summed E-state index contributed by atoms with van der Waals surface area (Å²) in [5.74, 6) is -2.71. The Morgan fingerprint density at radius 1 is 1.18 bits per heavy atom. The molecule has 0 bridgehead atoms. The average Bonchev–Trinajstić information content (AvgIpc) is 3.70. The number of methoxy groups -OCH3 is 1. The molecular formula is C29H35F3N8O4. The monoisotopic (exact) mass is 616 g/mol. The number of alkyl halides is 3. The third kappa shape index (κ3) is 6.10. The topological polar surface area (TPSA) is 140 Å². The number of carbonyl (C=O) groups excluding carboxylic acids is 2. The molecule has 0 aromatic carbocycles. The lowest BCUT2D eigenvalue weighted by molar-refractivity contribution is -0.0565. The van der Waals surface area contributed by atoms with Crippen LogP contribution in [-0.2, 0) is 11.3 Å². The van der Waals surface area contributed by atoms with Crippen molar-refractivity contribution in [3.63, 3.8) is 0 Å². The minimum absolute atomic E-state index is 0.0265. The van der Waals surface area contributed by atoms with E-state index < -0.39 is 30.1 Å². The highest BCUT2D eigenvalue weighted by Crippen LogP contribution is 2.35. The van der Waals surface area contributed by atoms with Gasteiger partial charge < -0.3 is 25.4 Å². The maximum atomic E-state index is 15.0. The zero-order valence-corrected chi connectivity index (χ0v) is 24.5. The van der Waals surface area contributed by atoms with Crippen LogP contribution in [0.2, 0.25) is 0 Å². The number of rotatable bonds is 8. The van der Waals surface area contributed by atoms with Crippen molar-refractivity contribution in [3.8, 4) is 17.1 Å². The van der Waals surface area contributed by atoms with Crippen molar-refractivity contribution in [2.45, 2.75) is 63.4 Å². The van der Waals surface area contributed by atoms with Crippen LogP contribution in [0, 0.1) is 5.92 Å². The number of piperidine rings is 1. The van der Waals surface area contributed by atoms with Crippen molar-refractivity contribution in [1.29, 1.82) is 0 Å². The van der Waals surface area contributed by atoms with Gasteiger partial charge in [0.1, 0.15) is 29.7 Å². The number of fused-ring (bicyclic) bond motifs is 1. The highest BCUT2D eigenvalue weighted by molar-refractivity contribution is 5.98. The third-order valence-corrected chi connectivity index (χ3v) is 8.62. The SMILES string of the molecule is COc1ncc(-c2cc(CN3CCC(F)(F)CC3)c3c(N)ncnn23)cc1C(=O)N[C@@H]1CN(C(=O)O[C@H](C)C2CC2)C[C@@H]1F. The molecule has 236 valence electrons. The van der Waals surface area contributed by atoms with E-state index in [1.54, 1.807) is 10.6 Å². The Morgan fingerprint density at radius 2 is 1.93 bits per heavy atom. The molecule has 1 aliphatic carbocycles. The number of halogens is 3. The van der Waals surface area contributed by atoms with E-state index >= 15 is 0 Å². The summed E-state index contributed by atoms with van der Waals surface area (Å²) in [5, 5.41) is 7.03. The van der Waals surface area contributed by atoms with E-state index in [1.807, 2.05) is 17.9 Å². The van der Waals surface area contributed by atoms with Gasteiger partial charge in [0.25, 0.3) is 11.8 Å². The summed E-state index contributed by atoms with van der Waals surface area (Å²) < 4.78 is 54.8. The number of carbonyl (C=O) groups is 2. The molecular weight excluding hydrogens is 581 g/mol. The summed E-state index contributed by atoms with van der Waals surface area (Å²) in [6.45, 7) is 2.41. The summed E-state index contributed by atoms with van der Waals surface area (Å²) in [6.07, 6.45) is 2.05. The predicted molar refractivity (Wildman–Crippen MR) is 153 cm³/mol. The van der Waals surface area contributed by atoms with Crippen LogP contribution in [-0.4, -0.2) is 98.9 Å². The van der Waals surface area contributed by atoms with Crippen molar-refractivity contribution < 1.29 is 32.2 Å². The second kappa shape index (κ2) is 11.7. The fourth-order valence-corrected chi connectivity index (χ4v) is 5.86. The Bertz CT molecular complexity index is 1550. The van der Waals surface area contributed by atoms with E-state index in [9.17, 15) is 22.8 Å². The van der Waals surface area contributed by atoms with Crippen molar-refractivity contribution in [2.75, 3.05) is 39.0 Å². The summed E-state index contributed by atoms with van der Waals surface area (Å²) in [5.41, 5.74) is 8.56. The maximum absolute atomic E-state index is 15.0. The molecule has 3 atom stereocenters. The van der Waals surface area contributed by atoms with Crippen LogP contribution in [0.1, 0.15) is 48.5 Å². The number of amides is 2. The lowest BCUT2D eigenvalue weighted by Gasteiger charge is -2.31. The van der Waals surface area contributed by atoms with E-state index in [0.29, 0.717) is 29.2 Å². The van der Waals surface area contributed by atoms with Crippen LogP contribution in [0.25, 0.3) is 16.8 Å². The van der Waals surface area contributed by atoms with Crippen LogP contribution in [0.3, 0.4) is 0 Å². The molecule has 3 aliphatic rings. The lowest BCUT2D eigenvalue weighted by Crippen LogP contribution is -2.42. The Morgan fingerprint density at radius 3 is 2.64 bits per heavy atom. The van der Waals surface area contributed by atoms with E-state index in [1.165, 1.54) is 24.5 Å². The number of aromatic nitrogens is 4. The summed E-state index contributed by atoms with van der Waals surface area (Å²) in [4.78, 5) is 37.6.